The molecule has 0 amide bonds. The predicted octanol–water partition coefficient (Wildman–Crippen LogP) is 3.39. The first kappa shape index (κ1) is 12.3. The fourth-order valence-electron chi connectivity index (χ4n) is 1.98. The first-order valence-corrected chi connectivity index (χ1v) is 5.70. The van der Waals surface area contributed by atoms with E-state index in [2.05, 4.69) is 0 Å². The molecular weight excluding hydrogens is 228 g/mol. The molecule has 3 heteroatoms. The maximum atomic E-state index is 10.1. The number of hydrogen-bond acceptors (Lipinski definition) is 3. The first-order chi connectivity index (χ1) is 8.52. The number of aromatic hydroxyl groups is 2. The van der Waals surface area contributed by atoms with Gasteiger partial charge in [0.1, 0.15) is 5.75 Å². The second-order valence-electron chi connectivity index (χ2n) is 4.38. The summed E-state index contributed by atoms with van der Waals surface area (Å²) in [5.41, 5.74) is 3.10. The van der Waals surface area contributed by atoms with Crippen molar-refractivity contribution in [2.45, 2.75) is 13.8 Å². The summed E-state index contributed by atoms with van der Waals surface area (Å²) in [5, 5.41) is 20.1. The molecule has 0 heterocycles. The van der Waals surface area contributed by atoms with E-state index >= 15 is 0 Å². The van der Waals surface area contributed by atoms with E-state index in [1.54, 1.807) is 18.2 Å². The molecule has 3 nitrogen and oxygen atoms in total. The average molecular weight is 244 g/mol. The standard InChI is InChI=1S/C15H16O3/c1-9-4-5-11(13(16)7-9)12-6-10(2)8-14(18-3)15(12)17/h4-8,16-17H,1-3H3. The predicted molar refractivity (Wildman–Crippen MR) is 71.2 cm³/mol. The van der Waals surface area contributed by atoms with Crippen LogP contribution in [-0.2, 0) is 0 Å². The van der Waals surface area contributed by atoms with Gasteiger partial charge in [0.25, 0.3) is 0 Å². The Labute approximate surface area is 106 Å². The van der Waals surface area contributed by atoms with Gasteiger partial charge in [0.05, 0.1) is 7.11 Å². The van der Waals surface area contributed by atoms with Crippen LogP contribution in [0.1, 0.15) is 11.1 Å². The molecule has 0 aromatic heterocycles. The van der Waals surface area contributed by atoms with Gasteiger partial charge in [-0.15, -0.1) is 0 Å². The number of ether oxygens (including phenoxy) is 1. The van der Waals surface area contributed by atoms with E-state index in [1.807, 2.05) is 26.0 Å². The molecule has 0 aliphatic heterocycles. The van der Waals surface area contributed by atoms with Gasteiger partial charge in [0.15, 0.2) is 11.5 Å². The Morgan fingerprint density at radius 1 is 0.889 bits per heavy atom. The highest BCUT2D eigenvalue weighted by Crippen LogP contribution is 2.41. The van der Waals surface area contributed by atoms with Gasteiger partial charge in [-0.25, -0.2) is 0 Å². The molecule has 0 unspecified atom stereocenters. The number of phenolic OH excluding ortho intramolecular Hbond substituents is 2. The Balaban J connectivity index is 2.67. The van der Waals surface area contributed by atoms with E-state index < -0.39 is 0 Å². The molecule has 0 saturated heterocycles. The zero-order chi connectivity index (χ0) is 13.3. The molecule has 0 aliphatic carbocycles. The van der Waals surface area contributed by atoms with Crippen LogP contribution in [0.5, 0.6) is 17.2 Å². The Bertz CT molecular complexity index is 589. The summed E-state index contributed by atoms with van der Waals surface area (Å²) < 4.78 is 5.12. The summed E-state index contributed by atoms with van der Waals surface area (Å²) in [4.78, 5) is 0. The van der Waals surface area contributed by atoms with Crippen LogP contribution in [0.3, 0.4) is 0 Å². The summed E-state index contributed by atoms with van der Waals surface area (Å²) in [5.74, 6) is 0.602. The van der Waals surface area contributed by atoms with Crippen molar-refractivity contribution < 1.29 is 14.9 Å². The molecule has 0 spiro atoms. The van der Waals surface area contributed by atoms with Crippen LogP contribution in [-0.4, -0.2) is 17.3 Å². The molecule has 2 rings (SSSR count). The van der Waals surface area contributed by atoms with E-state index in [0.717, 1.165) is 11.1 Å². The Kier molecular flexibility index (Phi) is 3.15. The van der Waals surface area contributed by atoms with E-state index in [0.29, 0.717) is 16.9 Å². The van der Waals surface area contributed by atoms with Gasteiger partial charge in [0.2, 0.25) is 0 Å². The van der Waals surface area contributed by atoms with Gasteiger partial charge in [-0.2, -0.15) is 0 Å². The lowest BCUT2D eigenvalue weighted by atomic mass is 9.99. The number of hydrogen-bond donors (Lipinski definition) is 2. The molecule has 2 aromatic carbocycles. The monoisotopic (exact) mass is 244 g/mol. The van der Waals surface area contributed by atoms with Crippen LogP contribution in [0, 0.1) is 13.8 Å². The SMILES string of the molecule is COc1cc(C)cc(-c2ccc(C)cc2O)c1O. The van der Waals surface area contributed by atoms with Crippen molar-refractivity contribution in [2.75, 3.05) is 7.11 Å². The Hall–Kier alpha value is -2.16. The smallest absolute Gasteiger partial charge is 0.165 e. The fourth-order valence-corrected chi connectivity index (χ4v) is 1.98. The lowest BCUT2D eigenvalue weighted by Crippen LogP contribution is -1.89. The minimum absolute atomic E-state index is 0.0438. The maximum absolute atomic E-state index is 10.1. The zero-order valence-electron chi connectivity index (χ0n) is 10.7. The van der Waals surface area contributed by atoms with Crippen LogP contribution in [0.25, 0.3) is 11.1 Å². The third-order valence-electron chi connectivity index (χ3n) is 2.88. The number of phenols is 2. The van der Waals surface area contributed by atoms with Crippen LogP contribution < -0.4 is 4.74 Å². The molecule has 94 valence electrons. The van der Waals surface area contributed by atoms with Gasteiger partial charge in [0, 0.05) is 11.1 Å². The lowest BCUT2D eigenvalue weighted by molar-refractivity contribution is 0.374. The summed E-state index contributed by atoms with van der Waals surface area (Å²) in [6.45, 7) is 3.82. The zero-order valence-corrected chi connectivity index (χ0v) is 10.7. The normalized spacial score (nSPS) is 10.4. The topological polar surface area (TPSA) is 49.7 Å². The van der Waals surface area contributed by atoms with Gasteiger partial charge >= 0.3 is 0 Å². The Morgan fingerprint density at radius 2 is 1.61 bits per heavy atom. The van der Waals surface area contributed by atoms with Crippen molar-refractivity contribution in [1.82, 2.24) is 0 Å². The highest BCUT2D eigenvalue weighted by molar-refractivity contribution is 5.78. The van der Waals surface area contributed by atoms with Crippen molar-refractivity contribution in [3.63, 3.8) is 0 Å². The summed E-state index contributed by atoms with van der Waals surface area (Å²) in [6, 6.07) is 8.93. The van der Waals surface area contributed by atoms with Gasteiger partial charge < -0.3 is 14.9 Å². The summed E-state index contributed by atoms with van der Waals surface area (Å²) in [7, 11) is 1.51. The molecule has 2 N–H and O–H groups in total. The van der Waals surface area contributed by atoms with Crippen molar-refractivity contribution >= 4 is 0 Å². The van der Waals surface area contributed by atoms with Crippen LogP contribution in [0.4, 0.5) is 0 Å². The minimum Gasteiger partial charge on any atom is -0.507 e. The molecule has 0 bridgehead atoms. The van der Waals surface area contributed by atoms with Crippen molar-refractivity contribution in [1.29, 1.82) is 0 Å². The number of methoxy groups -OCH3 is 1. The van der Waals surface area contributed by atoms with Gasteiger partial charge in [-0.3, -0.25) is 0 Å². The van der Waals surface area contributed by atoms with Crippen LogP contribution in [0.2, 0.25) is 0 Å². The fraction of sp³-hybridized carbons (Fsp3) is 0.200. The molecule has 2 aromatic rings. The number of benzene rings is 2. The minimum atomic E-state index is 0.0438. The van der Waals surface area contributed by atoms with E-state index in [4.69, 9.17) is 4.74 Å². The molecule has 18 heavy (non-hydrogen) atoms. The van der Waals surface area contributed by atoms with E-state index in [9.17, 15) is 10.2 Å². The molecule has 0 radical (unpaired) electrons. The van der Waals surface area contributed by atoms with Gasteiger partial charge in [-0.05, 0) is 43.2 Å². The molecule has 0 saturated carbocycles. The van der Waals surface area contributed by atoms with Crippen molar-refractivity contribution in [3.05, 3.63) is 41.5 Å². The maximum Gasteiger partial charge on any atom is 0.165 e. The third kappa shape index (κ3) is 2.12. The molecular formula is C15H16O3. The van der Waals surface area contributed by atoms with Crippen LogP contribution in [0.15, 0.2) is 30.3 Å². The molecule has 0 fully saturated rings. The first-order valence-electron chi connectivity index (χ1n) is 5.70. The van der Waals surface area contributed by atoms with Crippen molar-refractivity contribution in [2.24, 2.45) is 0 Å². The van der Waals surface area contributed by atoms with E-state index in [1.165, 1.54) is 7.11 Å². The largest absolute Gasteiger partial charge is 0.507 e. The number of aryl methyl sites for hydroxylation is 2. The van der Waals surface area contributed by atoms with E-state index in [-0.39, 0.29) is 11.5 Å². The second kappa shape index (κ2) is 4.61. The highest BCUT2D eigenvalue weighted by atomic mass is 16.5. The lowest BCUT2D eigenvalue weighted by Gasteiger charge is -2.12. The Morgan fingerprint density at radius 3 is 2.22 bits per heavy atom. The number of rotatable bonds is 2. The third-order valence-corrected chi connectivity index (χ3v) is 2.88. The second-order valence-corrected chi connectivity index (χ2v) is 4.38. The van der Waals surface area contributed by atoms with Crippen molar-refractivity contribution in [3.8, 4) is 28.4 Å². The summed E-state index contributed by atoms with van der Waals surface area (Å²) in [6.07, 6.45) is 0. The summed E-state index contributed by atoms with van der Waals surface area (Å²) >= 11 is 0. The molecule has 0 aliphatic rings. The van der Waals surface area contributed by atoms with Gasteiger partial charge in [-0.1, -0.05) is 12.1 Å². The highest BCUT2D eigenvalue weighted by Gasteiger charge is 2.14. The average Bonchev–Trinajstić information content (AvgIpc) is 2.32. The quantitative estimate of drug-likeness (QED) is 0.851. The van der Waals surface area contributed by atoms with Crippen LogP contribution >= 0.6 is 0 Å². The molecule has 0 atom stereocenters.